The molecule has 28 heavy (non-hydrogen) atoms. The lowest BCUT2D eigenvalue weighted by molar-refractivity contribution is -0.150. The summed E-state index contributed by atoms with van der Waals surface area (Å²) in [5, 5.41) is 4.43. The Kier molecular flexibility index (Phi) is 7.61. The first-order valence-corrected chi connectivity index (χ1v) is 10.7. The van der Waals surface area contributed by atoms with E-state index in [0.717, 1.165) is 19.3 Å². The van der Waals surface area contributed by atoms with Crippen LogP contribution >= 0.6 is 23.2 Å². The predicted molar refractivity (Wildman–Crippen MR) is 109 cm³/mol. The van der Waals surface area contributed by atoms with E-state index in [1.165, 1.54) is 0 Å². The van der Waals surface area contributed by atoms with Crippen molar-refractivity contribution < 1.29 is 19.1 Å². The smallest absolute Gasteiger partial charge is 0.309 e. The van der Waals surface area contributed by atoms with Gasteiger partial charge in [-0.2, -0.15) is 0 Å². The molecule has 0 aromatic heterocycles. The van der Waals surface area contributed by atoms with E-state index >= 15 is 0 Å². The van der Waals surface area contributed by atoms with Crippen molar-refractivity contribution in [2.75, 3.05) is 19.8 Å². The van der Waals surface area contributed by atoms with Crippen LogP contribution in [0.2, 0.25) is 10.0 Å². The molecule has 2 saturated carbocycles. The molecule has 154 valence electrons. The fourth-order valence-electron chi connectivity index (χ4n) is 4.44. The normalized spacial score (nSPS) is 25.7. The maximum Gasteiger partial charge on any atom is 0.309 e. The second kappa shape index (κ2) is 9.95. The Balaban J connectivity index is 1.31. The van der Waals surface area contributed by atoms with Crippen LogP contribution in [0.5, 0.6) is 5.75 Å². The Morgan fingerprint density at radius 3 is 2.68 bits per heavy atom. The average Bonchev–Trinajstić information content (AvgIpc) is 3.25. The quantitative estimate of drug-likeness (QED) is 0.445. The summed E-state index contributed by atoms with van der Waals surface area (Å²) in [4.78, 5) is 24.1. The highest BCUT2D eigenvalue weighted by Gasteiger charge is 2.48. The molecule has 5 nitrogen and oxygen atoms in total. The van der Waals surface area contributed by atoms with E-state index in [0.29, 0.717) is 66.3 Å². The van der Waals surface area contributed by atoms with Gasteiger partial charge >= 0.3 is 5.97 Å². The zero-order valence-corrected chi connectivity index (χ0v) is 17.6. The van der Waals surface area contributed by atoms with E-state index in [2.05, 4.69) is 5.32 Å². The third kappa shape index (κ3) is 5.40. The van der Waals surface area contributed by atoms with E-state index in [9.17, 15) is 9.59 Å². The van der Waals surface area contributed by atoms with Gasteiger partial charge in [0.25, 0.3) is 0 Å². The molecule has 1 aromatic rings. The zero-order valence-electron chi connectivity index (χ0n) is 16.1. The number of Topliss-reactive ketones (excluding diaryl/α,β-unsaturated/α-hetero) is 1. The van der Waals surface area contributed by atoms with E-state index in [1.807, 2.05) is 6.92 Å². The van der Waals surface area contributed by atoms with Gasteiger partial charge in [0.2, 0.25) is 0 Å². The zero-order chi connectivity index (χ0) is 20.1. The Hall–Kier alpha value is -1.30. The van der Waals surface area contributed by atoms with Crippen LogP contribution in [0.1, 0.15) is 39.0 Å². The summed E-state index contributed by atoms with van der Waals surface area (Å²) in [6, 6.07) is 5.42. The number of halogens is 2. The minimum atomic E-state index is -0.0506. The molecule has 2 fully saturated rings. The van der Waals surface area contributed by atoms with Crippen molar-refractivity contribution in [2.24, 2.45) is 17.8 Å². The summed E-state index contributed by atoms with van der Waals surface area (Å²) in [5.74, 6) is 1.63. The summed E-state index contributed by atoms with van der Waals surface area (Å²) < 4.78 is 10.8. The first kappa shape index (κ1) is 21.4. The average molecular weight is 428 g/mol. The highest BCUT2D eigenvalue weighted by Crippen LogP contribution is 2.48. The van der Waals surface area contributed by atoms with Gasteiger partial charge in [-0.25, -0.2) is 0 Å². The van der Waals surface area contributed by atoms with Gasteiger partial charge in [-0.05, 0) is 62.6 Å². The van der Waals surface area contributed by atoms with E-state index in [-0.39, 0.29) is 17.7 Å². The summed E-state index contributed by atoms with van der Waals surface area (Å²) >= 11 is 11.9. The minimum absolute atomic E-state index is 0.0506. The van der Waals surface area contributed by atoms with Crippen molar-refractivity contribution in [1.82, 2.24) is 5.32 Å². The van der Waals surface area contributed by atoms with Gasteiger partial charge < -0.3 is 14.8 Å². The molecule has 1 aromatic carbocycles. The molecule has 2 aliphatic carbocycles. The third-order valence-electron chi connectivity index (χ3n) is 5.76. The van der Waals surface area contributed by atoms with Crippen molar-refractivity contribution in [1.29, 1.82) is 0 Å². The number of ether oxygens (including phenoxy) is 2. The SMILES string of the molecule is CCOC(=O)C1CC2CC1CC2NCC(=O)CCCOc1ccc(Cl)cc1Cl. The van der Waals surface area contributed by atoms with E-state index in [4.69, 9.17) is 32.7 Å². The fourth-order valence-corrected chi connectivity index (χ4v) is 4.90. The number of rotatable bonds is 10. The summed E-state index contributed by atoms with van der Waals surface area (Å²) in [5.41, 5.74) is 0. The molecule has 7 heteroatoms. The van der Waals surface area contributed by atoms with Crippen LogP contribution in [0.25, 0.3) is 0 Å². The first-order chi connectivity index (χ1) is 13.5. The monoisotopic (exact) mass is 427 g/mol. The fraction of sp³-hybridized carbons (Fsp3) is 0.619. The number of benzene rings is 1. The number of esters is 1. The maximum atomic E-state index is 12.2. The number of hydrogen-bond acceptors (Lipinski definition) is 5. The minimum Gasteiger partial charge on any atom is -0.492 e. The molecule has 0 spiro atoms. The Bertz CT molecular complexity index is 712. The van der Waals surface area contributed by atoms with Gasteiger partial charge in [-0.3, -0.25) is 9.59 Å². The number of carbonyl (C=O) groups excluding carboxylic acids is 2. The second-order valence-electron chi connectivity index (χ2n) is 7.64. The molecule has 4 atom stereocenters. The topological polar surface area (TPSA) is 64.6 Å². The first-order valence-electron chi connectivity index (χ1n) is 9.97. The molecule has 0 heterocycles. The summed E-state index contributed by atoms with van der Waals surface area (Å²) in [6.07, 6.45) is 4.00. The van der Waals surface area contributed by atoms with Crippen LogP contribution in [0.4, 0.5) is 0 Å². The standard InChI is InChI=1S/C21H27Cl2NO4/c1-2-27-21(26)17-9-14-8-13(17)10-19(14)24-12-16(25)4-3-7-28-20-6-5-15(22)11-18(20)23/h5-6,11,13-14,17,19,24H,2-4,7-10,12H2,1H3. The van der Waals surface area contributed by atoms with Crippen molar-refractivity contribution in [2.45, 2.75) is 45.1 Å². The highest BCUT2D eigenvalue weighted by atomic mass is 35.5. The van der Waals surface area contributed by atoms with Crippen LogP contribution in [0.3, 0.4) is 0 Å². The number of hydrogen-bond donors (Lipinski definition) is 1. The van der Waals surface area contributed by atoms with Gasteiger partial charge in [0.05, 0.1) is 30.7 Å². The van der Waals surface area contributed by atoms with Crippen LogP contribution in [0.15, 0.2) is 18.2 Å². The predicted octanol–water partition coefficient (Wildman–Crippen LogP) is 4.29. The Morgan fingerprint density at radius 2 is 2.00 bits per heavy atom. The van der Waals surface area contributed by atoms with Gasteiger partial charge in [0, 0.05) is 17.5 Å². The third-order valence-corrected chi connectivity index (χ3v) is 6.29. The molecule has 2 bridgehead atoms. The molecule has 2 aliphatic rings. The van der Waals surface area contributed by atoms with Crippen LogP contribution in [-0.4, -0.2) is 37.6 Å². The summed E-state index contributed by atoms with van der Waals surface area (Å²) in [7, 11) is 0. The van der Waals surface area contributed by atoms with Gasteiger partial charge in [-0.15, -0.1) is 0 Å². The number of carbonyl (C=O) groups is 2. The number of nitrogens with one attached hydrogen (secondary N) is 1. The molecule has 0 amide bonds. The molecule has 0 radical (unpaired) electrons. The van der Waals surface area contributed by atoms with Gasteiger partial charge in [0.1, 0.15) is 11.5 Å². The molecule has 0 saturated heterocycles. The highest BCUT2D eigenvalue weighted by molar-refractivity contribution is 6.35. The molecule has 3 rings (SSSR count). The second-order valence-corrected chi connectivity index (χ2v) is 8.48. The van der Waals surface area contributed by atoms with E-state index in [1.54, 1.807) is 18.2 Å². The number of fused-ring (bicyclic) bond motifs is 2. The molecular weight excluding hydrogens is 401 g/mol. The van der Waals surface area contributed by atoms with Crippen molar-refractivity contribution >= 4 is 35.0 Å². The Morgan fingerprint density at radius 1 is 1.18 bits per heavy atom. The van der Waals surface area contributed by atoms with Crippen molar-refractivity contribution in [3.63, 3.8) is 0 Å². The lowest BCUT2D eigenvalue weighted by Crippen LogP contribution is -2.40. The lowest BCUT2D eigenvalue weighted by Gasteiger charge is -2.27. The van der Waals surface area contributed by atoms with Gasteiger partial charge in [0.15, 0.2) is 0 Å². The van der Waals surface area contributed by atoms with Crippen molar-refractivity contribution in [3.05, 3.63) is 28.2 Å². The molecule has 0 aliphatic heterocycles. The lowest BCUT2D eigenvalue weighted by atomic mass is 9.86. The van der Waals surface area contributed by atoms with Gasteiger partial charge in [-0.1, -0.05) is 23.2 Å². The number of ketones is 1. The van der Waals surface area contributed by atoms with Crippen LogP contribution < -0.4 is 10.1 Å². The maximum absolute atomic E-state index is 12.2. The van der Waals surface area contributed by atoms with E-state index < -0.39 is 0 Å². The molecule has 1 N–H and O–H groups in total. The summed E-state index contributed by atoms with van der Waals surface area (Å²) in [6.45, 7) is 3.09. The van der Waals surface area contributed by atoms with Crippen LogP contribution in [-0.2, 0) is 14.3 Å². The Labute approximate surface area is 176 Å². The van der Waals surface area contributed by atoms with Crippen LogP contribution in [0, 0.1) is 17.8 Å². The molecular formula is C21H27Cl2NO4. The molecule has 4 unspecified atom stereocenters. The van der Waals surface area contributed by atoms with Crippen molar-refractivity contribution in [3.8, 4) is 5.75 Å². The largest absolute Gasteiger partial charge is 0.492 e.